The number of halogens is 5. The lowest BCUT2D eigenvalue weighted by Gasteiger charge is -2.46. The Balaban J connectivity index is 1.86. The first kappa shape index (κ1) is 22.4. The van der Waals surface area contributed by atoms with Gasteiger partial charge in [0.1, 0.15) is 16.9 Å². The van der Waals surface area contributed by atoms with Crippen LogP contribution in [-0.4, -0.2) is 49.8 Å². The Morgan fingerprint density at radius 1 is 1.07 bits per heavy atom. The highest BCUT2D eigenvalue weighted by Crippen LogP contribution is 2.53. The summed E-state index contributed by atoms with van der Waals surface area (Å²) >= 11 is 0. The Hall–Kier alpha value is -2.25. The number of aliphatic hydroxyl groups excluding tert-OH is 1. The molecule has 1 aliphatic rings. The van der Waals surface area contributed by atoms with Gasteiger partial charge in [0.05, 0.1) is 12.6 Å². The summed E-state index contributed by atoms with van der Waals surface area (Å²) < 4.78 is 89.6. The maximum atomic E-state index is 14.3. The fraction of sp³-hybridized carbons (Fsp3) is 0.278. The minimum Gasteiger partial charge on any atom is -0.390 e. The van der Waals surface area contributed by atoms with Gasteiger partial charge in [0.25, 0.3) is 5.91 Å². The number of nitrogens with zero attached hydrogens (tertiary/aromatic N) is 1. The standard InChI is InChI=1S/C18H17F5N2O4S/c19-11-2-1-9(18(27)24-10-6-12(20)17(23)13(21)7-10)5-16(11)30(28,29)25-4-3-15(26)14(22)8-25/h1-2,5-7,14-15,26,28-29H,3-4,8H2,(H,24,27). The molecule has 2 unspecified atom stereocenters. The van der Waals surface area contributed by atoms with Gasteiger partial charge in [0.15, 0.2) is 17.5 Å². The number of alkyl halides is 1. The molecule has 6 nitrogen and oxygen atoms in total. The van der Waals surface area contributed by atoms with E-state index >= 15 is 0 Å². The van der Waals surface area contributed by atoms with Crippen LogP contribution in [0.1, 0.15) is 16.8 Å². The first-order valence-electron chi connectivity index (χ1n) is 8.61. The molecule has 1 aliphatic heterocycles. The van der Waals surface area contributed by atoms with Gasteiger partial charge in [0.2, 0.25) is 0 Å². The molecule has 0 aromatic heterocycles. The van der Waals surface area contributed by atoms with Gasteiger partial charge in [-0.1, -0.05) is 0 Å². The summed E-state index contributed by atoms with van der Waals surface area (Å²) in [6.45, 7) is -0.693. The highest BCUT2D eigenvalue weighted by Gasteiger charge is 2.36. The molecule has 4 N–H and O–H groups in total. The van der Waals surface area contributed by atoms with E-state index in [0.717, 1.165) is 22.5 Å². The van der Waals surface area contributed by atoms with Crippen molar-refractivity contribution in [3.8, 4) is 0 Å². The lowest BCUT2D eigenvalue weighted by Crippen LogP contribution is -2.45. The number of aliphatic hydroxyl groups is 1. The van der Waals surface area contributed by atoms with E-state index in [9.17, 15) is 41.0 Å². The van der Waals surface area contributed by atoms with Crippen LogP contribution < -0.4 is 5.32 Å². The zero-order valence-corrected chi connectivity index (χ0v) is 16.0. The topological polar surface area (TPSA) is 93.0 Å². The number of piperidine rings is 1. The Labute approximate surface area is 169 Å². The number of benzene rings is 2. The van der Waals surface area contributed by atoms with Crippen LogP contribution in [0.4, 0.5) is 27.6 Å². The molecule has 0 bridgehead atoms. The molecule has 3 rings (SSSR count). The third-order valence-electron chi connectivity index (χ3n) is 4.56. The number of amides is 1. The number of hydrogen-bond donors (Lipinski definition) is 4. The predicted octanol–water partition coefficient (Wildman–Crippen LogP) is 3.92. The maximum Gasteiger partial charge on any atom is 0.255 e. The van der Waals surface area contributed by atoms with Crippen molar-refractivity contribution in [3.05, 3.63) is 59.2 Å². The first-order chi connectivity index (χ1) is 14.0. The van der Waals surface area contributed by atoms with E-state index in [-0.39, 0.29) is 18.5 Å². The number of hydrogen-bond acceptors (Lipinski definition) is 5. The number of rotatable bonds is 4. The van der Waals surface area contributed by atoms with E-state index < -0.39 is 69.4 Å². The van der Waals surface area contributed by atoms with Gasteiger partial charge in [0, 0.05) is 29.9 Å². The Morgan fingerprint density at radius 2 is 1.70 bits per heavy atom. The molecule has 0 spiro atoms. The summed E-state index contributed by atoms with van der Waals surface area (Å²) in [5.41, 5.74) is -0.718. The second kappa shape index (κ2) is 8.47. The fourth-order valence-corrected chi connectivity index (χ4v) is 4.52. The molecule has 1 fully saturated rings. The molecule has 2 atom stereocenters. The van der Waals surface area contributed by atoms with Crippen molar-refractivity contribution in [2.45, 2.75) is 23.6 Å². The van der Waals surface area contributed by atoms with Crippen LogP contribution in [0.25, 0.3) is 0 Å². The predicted molar refractivity (Wildman–Crippen MR) is 98.9 cm³/mol. The third-order valence-corrected chi connectivity index (χ3v) is 6.51. The highest BCUT2D eigenvalue weighted by atomic mass is 32.3. The molecule has 1 heterocycles. The van der Waals surface area contributed by atoms with Crippen molar-refractivity contribution in [1.82, 2.24) is 4.31 Å². The quantitative estimate of drug-likeness (QED) is 0.417. The second-order valence-electron chi connectivity index (χ2n) is 6.63. The number of carbonyl (C=O) groups excluding carboxylic acids is 1. The van der Waals surface area contributed by atoms with E-state index in [1.54, 1.807) is 0 Å². The van der Waals surface area contributed by atoms with Crippen LogP contribution in [0.2, 0.25) is 0 Å². The van der Waals surface area contributed by atoms with Crippen LogP contribution in [0, 0.1) is 23.3 Å². The summed E-state index contributed by atoms with van der Waals surface area (Å²) in [7, 11) is -4.04. The van der Waals surface area contributed by atoms with Crippen LogP contribution in [0.3, 0.4) is 0 Å². The van der Waals surface area contributed by atoms with Gasteiger partial charge in [-0.3, -0.25) is 13.9 Å². The number of carbonyl (C=O) groups is 1. The van der Waals surface area contributed by atoms with E-state index in [1.165, 1.54) is 0 Å². The molecular weight excluding hydrogens is 435 g/mol. The second-order valence-corrected chi connectivity index (χ2v) is 8.63. The summed E-state index contributed by atoms with van der Waals surface area (Å²) in [6.07, 6.45) is -3.17. The Morgan fingerprint density at radius 3 is 2.30 bits per heavy atom. The lowest BCUT2D eigenvalue weighted by atomic mass is 10.1. The molecule has 2 aromatic rings. The normalized spacial score (nSPS) is 20.8. The van der Waals surface area contributed by atoms with Crippen LogP contribution in [-0.2, 0) is 0 Å². The van der Waals surface area contributed by atoms with Crippen molar-refractivity contribution >= 4 is 22.4 Å². The van der Waals surface area contributed by atoms with Gasteiger partial charge < -0.3 is 10.4 Å². The molecular formula is C18H17F5N2O4S. The van der Waals surface area contributed by atoms with Crippen molar-refractivity contribution < 1.29 is 41.0 Å². The van der Waals surface area contributed by atoms with Crippen LogP contribution in [0.5, 0.6) is 0 Å². The summed E-state index contributed by atoms with van der Waals surface area (Å²) in [4.78, 5) is 11.7. The molecule has 164 valence electrons. The van der Waals surface area contributed by atoms with E-state index in [4.69, 9.17) is 0 Å². The van der Waals surface area contributed by atoms with Crippen molar-refractivity contribution in [3.63, 3.8) is 0 Å². The minimum atomic E-state index is -4.04. The molecule has 30 heavy (non-hydrogen) atoms. The minimum absolute atomic E-state index is 0.111. The zero-order valence-electron chi connectivity index (χ0n) is 15.2. The average molecular weight is 452 g/mol. The monoisotopic (exact) mass is 452 g/mol. The maximum absolute atomic E-state index is 14.3. The molecule has 1 amide bonds. The van der Waals surface area contributed by atoms with Crippen LogP contribution >= 0.6 is 10.8 Å². The molecule has 0 radical (unpaired) electrons. The molecule has 1 saturated heterocycles. The smallest absolute Gasteiger partial charge is 0.255 e. The molecule has 12 heteroatoms. The largest absolute Gasteiger partial charge is 0.390 e. The van der Waals surface area contributed by atoms with E-state index in [0.29, 0.717) is 12.1 Å². The van der Waals surface area contributed by atoms with Gasteiger partial charge in [-0.05, 0) is 24.6 Å². The highest BCUT2D eigenvalue weighted by molar-refractivity contribution is 8.22. The molecule has 0 saturated carbocycles. The first-order valence-corrected chi connectivity index (χ1v) is 10.1. The van der Waals surface area contributed by atoms with Crippen molar-refractivity contribution in [1.29, 1.82) is 0 Å². The van der Waals surface area contributed by atoms with Gasteiger partial charge >= 0.3 is 0 Å². The Kier molecular flexibility index (Phi) is 6.34. The van der Waals surface area contributed by atoms with Crippen molar-refractivity contribution in [2.24, 2.45) is 0 Å². The van der Waals surface area contributed by atoms with Gasteiger partial charge in [-0.2, -0.15) is 4.31 Å². The number of nitrogens with one attached hydrogen (secondary N) is 1. The van der Waals surface area contributed by atoms with Crippen LogP contribution in [0.15, 0.2) is 35.2 Å². The Bertz CT molecular complexity index is 955. The van der Waals surface area contributed by atoms with Gasteiger partial charge in [-0.15, -0.1) is 10.8 Å². The van der Waals surface area contributed by atoms with Crippen molar-refractivity contribution in [2.75, 3.05) is 18.4 Å². The lowest BCUT2D eigenvalue weighted by molar-refractivity contribution is 0.0276. The number of anilines is 1. The third kappa shape index (κ3) is 4.42. The summed E-state index contributed by atoms with van der Waals surface area (Å²) in [6, 6.07) is 3.64. The fourth-order valence-electron chi connectivity index (χ4n) is 2.92. The summed E-state index contributed by atoms with van der Waals surface area (Å²) in [5.74, 6) is -6.86. The van der Waals surface area contributed by atoms with E-state index in [2.05, 4.69) is 5.32 Å². The van der Waals surface area contributed by atoms with Gasteiger partial charge in [-0.25, -0.2) is 22.0 Å². The van der Waals surface area contributed by atoms with E-state index in [1.807, 2.05) is 0 Å². The molecule has 0 aliphatic carbocycles. The molecule has 2 aromatic carbocycles. The average Bonchev–Trinajstić information content (AvgIpc) is 2.68. The SMILES string of the molecule is O=C(Nc1cc(F)c(F)c(F)c1)c1ccc(F)c(S(O)(O)N2CCC(O)C(F)C2)c1. The summed E-state index contributed by atoms with van der Waals surface area (Å²) in [5, 5.41) is 11.5. The zero-order chi connectivity index (χ0) is 22.2.